The van der Waals surface area contributed by atoms with Gasteiger partial charge in [0.25, 0.3) is 0 Å². The standard InChI is InChI=1S/C12H22N2O.ClH/c1-12(6-3-2-4-7-12)14-11(15)10-5-8-13-9-10;/h10,13H,2-9H2,1H3,(H,14,15);1H. The molecule has 0 aromatic carbocycles. The molecule has 1 aliphatic heterocycles. The fraction of sp³-hybridized carbons (Fsp3) is 0.917. The number of hydrogen-bond acceptors (Lipinski definition) is 2. The van der Waals surface area contributed by atoms with Gasteiger partial charge in [0.05, 0.1) is 5.92 Å². The van der Waals surface area contributed by atoms with Gasteiger partial charge in [0.1, 0.15) is 0 Å². The summed E-state index contributed by atoms with van der Waals surface area (Å²) in [5.74, 6) is 0.480. The summed E-state index contributed by atoms with van der Waals surface area (Å²) in [5, 5.41) is 6.50. The van der Waals surface area contributed by atoms with Crippen LogP contribution in [0.15, 0.2) is 0 Å². The minimum atomic E-state index is 0. The second-order valence-electron chi connectivity index (χ2n) is 5.30. The Labute approximate surface area is 104 Å². The van der Waals surface area contributed by atoms with Crippen LogP contribution in [-0.4, -0.2) is 24.5 Å². The van der Waals surface area contributed by atoms with Gasteiger partial charge in [0, 0.05) is 12.1 Å². The smallest absolute Gasteiger partial charge is 0.224 e. The second kappa shape index (κ2) is 5.87. The van der Waals surface area contributed by atoms with E-state index in [4.69, 9.17) is 0 Å². The predicted octanol–water partition coefficient (Wildman–Crippen LogP) is 1.86. The topological polar surface area (TPSA) is 41.1 Å². The molecule has 94 valence electrons. The highest BCUT2D eigenvalue weighted by Gasteiger charge is 2.31. The third-order valence-electron chi connectivity index (χ3n) is 3.81. The van der Waals surface area contributed by atoms with E-state index in [-0.39, 0.29) is 29.8 Å². The summed E-state index contributed by atoms with van der Waals surface area (Å²) < 4.78 is 0. The van der Waals surface area contributed by atoms with Crippen LogP contribution in [0.2, 0.25) is 0 Å². The number of carbonyl (C=O) groups is 1. The summed E-state index contributed by atoms with van der Waals surface area (Å²) in [6.07, 6.45) is 7.16. The highest BCUT2D eigenvalue weighted by Crippen LogP contribution is 2.28. The summed E-state index contributed by atoms with van der Waals surface area (Å²) >= 11 is 0. The zero-order valence-corrected chi connectivity index (χ0v) is 10.9. The van der Waals surface area contributed by atoms with Crippen LogP contribution in [0.1, 0.15) is 45.4 Å². The van der Waals surface area contributed by atoms with Gasteiger partial charge >= 0.3 is 0 Å². The van der Waals surface area contributed by atoms with Crippen molar-refractivity contribution in [3.05, 3.63) is 0 Å². The largest absolute Gasteiger partial charge is 0.351 e. The van der Waals surface area contributed by atoms with Crippen molar-refractivity contribution in [1.82, 2.24) is 10.6 Å². The quantitative estimate of drug-likeness (QED) is 0.781. The zero-order chi connectivity index (χ0) is 10.7. The Morgan fingerprint density at radius 2 is 2.00 bits per heavy atom. The van der Waals surface area contributed by atoms with Crippen LogP contribution in [-0.2, 0) is 4.79 Å². The van der Waals surface area contributed by atoms with Crippen LogP contribution in [0, 0.1) is 5.92 Å². The third-order valence-corrected chi connectivity index (χ3v) is 3.81. The van der Waals surface area contributed by atoms with Crippen molar-refractivity contribution in [3.8, 4) is 0 Å². The van der Waals surface area contributed by atoms with Crippen molar-refractivity contribution >= 4 is 18.3 Å². The summed E-state index contributed by atoms with van der Waals surface area (Å²) in [5.41, 5.74) is 0.0813. The van der Waals surface area contributed by atoms with Gasteiger partial charge in [-0.25, -0.2) is 0 Å². The number of amides is 1. The van der Waals surface area contributed by atoms with Gasteiger partial charge in [-0.3, -0.25) is 4.79 Å². The SMILES string of the molecule is CC1(NC(=O)C2CCNC2)CCCCC1.Cl. The Morgan fingerprint density at radius 3 is 2.56 bits per heavy atom. The maximum atomic E-state index is 12.0. The van der Waals surface area contributed by atoms with E-state index in [1.165, 1.54) is 19.3 Å². The molecule has 2 aliphatic rings. The normalized spacial score (nSPS) is 28.2. The molecule has 1 heterocycles. The molecule has 1 unspecified atom stereocenters. The molecule has 4 heteroatoms. The maximum absolute atomic E-state index is 12.0. The molecule has 2 rings (SSSR count). The van der Waals surface area contributed by atoms with E-state index >= 15 is 0 Å². The molecule has 1 amide bonds. The van der Waals surface area contributed by atoms with Crippen LogP contribution in [0.25, 0.3) is 0 Å². The maximum Gasteiger partial charge on any atom is 0.224 e. The first-order valence-corrected chi connectivity index (χ1v) is 6.22. The average Bonchev–Trinajstić information content (AvgIpc) is 2.70. The van der Waals surface area contributed by atoms with Gasteiger partial charge in [-0.1, -0.05) is 19.3 Å². The van der Waals surface area contributed by atoms with Crippen molar-refractivity contribution in [2.45, 2.75) is 51.0 Å². The van der Waals surface area contributed by atoms with Gasteiger partial charge in [0.15, 0.2) is 0 Å². The van der Waals surface area contributed by atoms with Crippen LogP contribution >= 0.6 is 12.4 Å². The molecule has 0 radical (unpaired) electrons. The van der Waals surface area contributed by atoms with E-state index in [2.05, 4.69) is 17.6 Å². The highest BCUT2D eigenvalue weighted by molar-refractivity contribution is 5.85. The van der Waals surface area contributed by atoms with E-state index in [0.717, 1.165) is 32.4 Å². The molecule has 0 aromatic rings. The van der Waals surface area contributed by atoms with Crippen molar-refractivity contribution < 1.29 is 4.79 Å². The van der Waals surface area contributed by atoms with E-state index in [9.17, 15) is 4.79 Å². The van der Waals surface area contributed by atoms with Crippen molar-refractivity contribution in [1.29, 1.82) is 0 Å². The van der Waals surface area contributed by atoms with Crippen molar-refractivity contribution in [2.75, 3.05) is 13.1 Å². The summed E-state index contributed by atoms with van der Waals surface area (Å²) in [6.45, 7) is 4.06. The van der Waals surface area contributed by atoms with Crippen molar-refractivity contribution in [3.63, 3.8) is 0 Å². The summed E-state index contributed by atoms with van der Waals surface area (Å²) in [6, 6.07) is 0. The molecule has 2 N–H and O–H groups in total. The number of rotatable bonds is 2. The lowest BCUT2D eigenvalue weighted by Gasteiger charge is -2.35. The van der Waals surface area contributed by atoms with Gasteiger partial charge in [-0.15, -0.1) is 12.4 Å². The molecule has 3 nitrogen and oxygen atoms in total. The molecule has 1 saturated carbocycles. The van der Waals surface area contributed by atoms with Gasteiger partial charge in [0.2, 0.25) is 5.91 Å². The first kappa shape index (κ1) is 13.8. The Morgan fingerprint density at radius 1 is 1.31 bits per heavy atom. The van der Waals surface area contributed by atoms with E-state index in [1.54, 1.807) is 0 Å². The molecule has 1 atom stereocenters. The molecule has 16 heavy (non-hydrogen) atoms. The van der Waals surface area contributed by atoms with Crippen LogP contribution in [0.3, 0.4) is 0 Å². The Kier molecular flexibility index (Phi) is 5.06. The van der Waals surface area contributed by atoms with E-state index < -0.39 is 0 Å². The predicted molar refractivity (Wildman–Crippen MR) is 67.9 cm³/mol. The molecule has 1 saturated heterocycles. The Bertz CT molecular complexity index is 233. The first-order valence-electron chi connectivity index (χ1n) is 6.22. The average molecular weight is 247 g/mol. The highest BCUT2D eigenvalue weighted by atomic mass is 35.5. The van der Waals surface area contributed by atoms with Crippen LogP contribution < -0.4 is 10.6 Å². The number of nitrogens with one attached hydrogen (secondary N) is 2. The lowest BCUT2D eigenvalue weighted by atomic mass is 9.83. The van der Waals surface area contributed by atoms with Gasteiger partial charge in [-0.05, 0) is 32.7 Å². The molecule has 0 aromatic heterocycles. The molecule has 0 spiro atoms. The van der Waals surface area contributed by atoms with Gasteiger partial charge in [-0.2, -0.15) is 0 Å². The minimum Gasteiger partial charge on any atom is -0.351 e. The third kappa shape index (κ3) is 3.36. The molecular formula is C12H23ClN2O. The second-order valence-corrected chi connectivity index (χ2v) is 5.30. The molecular weight excluding hydrogens is 224 g/mol. The number of hydrogen-bond donors (Lipinski definition) is 2. The van der Waals surface area contributed by atoms with Gasteiger partial charge < -0.3 is 10.6 Å². The van der Waals surface area contributed by atoms with Crippen LogP contribution in [0.5, 0.6) is 0 Å². The van der Waals surface area contributed by atoms with E-state index in [0.29, 0.717) is 0 Å². The lowest BCUT2D eigenvalue weighted by molar-refractivity contribution is -0.126. The zero-order valence-electron chi connectivity index (χ0n) is 10.1. The first-order chi connectivity index (χ1) is 7.20. The fourth-order valence-electron chi connectivity index (χ4n) is 2.74. The lowest BCUT2D eigenvalue weighted by Crippen LogP contribution is -2.49. The van der Waals surface area contributed by atoms with E-state index in [1.807, 2.05) is 0 Å². The molecule has 0 bridgehead atoms. The molecule has 1 aliphatic carbocycles. The van der Waals surface area contributed by atoms with Crippen molar-refractivity contribution in [2.24, 2.45) is 5.92 Å². The Balaban J connectivity index is 0.00000128. The minimum absolute atomic E-state index is 0. The van der Waals surface area contributed by atoms with Crippen LogP contribution in [0.4, 0.5) is 0 Å². The summed E-state index contributed by atoms with van der Waals surface area (Å²) in [4.78, 5) is 12.0. The number of carbonyl (C=O) groups excluding carboxylic acids is 1. The molecule has 2 fully saturated rings. The summed E-state index contributed by atoms with van der Waals surface area (Å²) in [7, 11) is 0. The number of halogens is 1. The monoisotopic (exact) mass is 246 g/mol. The fourth-order valence-corrected chi connectivity index (χ4v) is 2.74. The Hall–Kier alpha value is -0.280.